The van der Waals surface area contributed by atoms with Gasteiger partial charge in [0, 0.05) is 12.0 Å². The summed E-state index contributed by atoms with van der Waals surface area (Å²) in [6.45, 7) is 0. The first-order valence-electron chi connectivity index (χ1n) is 4.76. The smallest absolute Gasteiger partial charge is 0.321 e. The van der Waals surface area contributed by atoms with E-state index in [0.29, 0.717) is 0 Å². The summed E-state index contributed by atoms with van der Waals surface area (Å²) < 4.78 is 21.0. The van der Waals surface area contributed by atoms with Crippen LogP contribution in [0.25, 0.3) is 0 Å². The number of thiol groups is 1. The van der Waals surface area contributed by atoms with E-state index in [1.165, 1.54) is 0 Å². The number of sulfone groups is 1. The molecule has 10 heteroatoms. The molecule has 0 heterocycles. The number of nitrogens with two attached hydrogens (primary N) is 2. The molecule has 0 aliphatic carbocycles. The predicted octanol–water partition coefficient (Wildman–Crippen LogP) is -1.84. The number of aliphatic carboxylic acids is 2. The van der Waals surface area contributed by atoms with Gasteiger partial charge in [0.25, 0.3) is 0 Å². The van der Waals surface area contributed by atoms with Crippen LogP contribution in [-0.4, -0.2) is 60.4 Å². The zero-order valence-corrected chi connectivity index (χ0v) is 11.5. The Hall–Kier alpha value is -0.840. The van der Waals surface area contributed by atoms with Crippen molar-refractivity contribution < 1.29 is 28.2 Å². The van der Waals surface area contributed by atoms with Crippen molar-refractivity contribution in [3.8, 4) is 0 Å². The Morgan fingerprint density at radius 2 is 1.56 bits per heavy atom. The van der Waals surface area contributed by atoms with Gasteiger partial charge in [0.2, 0.25) is 0 Å². The number of hydrogen-bond donors (Lipinski definition) is 5. The number of carboxylic acids is 2. The fraction of sp³-hybridized carbons (Fsp3) is 0.750. The van der Waals surface area contributed by atoms with Crippen LogP contribution in [-0.2, 0) is 19.4 Å². The third-order valence-corrected chi connectivity index (χ3v) is 3.00. The van der Waals surface area contributed by atoms with E-state index < -0.39 is 33.9 Å². The van der Waals surface area contributed by atoms with Gasteiger partial charge in [-0.2, -0.15) is 12.6 Å². The lowest BCUT2D eigenvalue weighted by Gasteiger charge is -2.03. The van der Waals surface area contributed by atoms with Crippen molar-refractivity contribution in [2.24, 2.45) is 11.5 Å². The van der Waals surface area contributed by atoms with Crippen molar-refractivity contribution in [3.63, 3.8) is 0 Å². The van der Waals surface area contributed by atoms with Crippen LogP contribution in [0, 0.1) is 0 Å². The molecule has 0 rings (SSSR count). The summed E-state index contributed by atoms with van der Waals surface area (Å²) in [5.74, 6) is -2.17. The van der Waals surface area contributed by atoms with Crippen LogP contribution in [0.4, 0.5) is 0 Å². The Labute approximate surface area is 111 Å². The summed E-state index contributed by atoms with van der Waals surface area (Å²) in [6.07, 6.45) is 1.01. The maximum absolute atomic E-state index is 10.5. The van der Waals surface area contributed by atoms with E-state index in [4.69, 9.17) is 21.7 Å². The van der Waals surface area contributed by atoms with Crippen LogP contribution < -0.4 is 11.5 Å². The molecule has 18 heavy (non-hydrogen) atoms. The molecule has 0 saturated carbocycles. The lowest BCUT2D eigenvalue weighted by molar-refractivity contribution is -0.139. The molecule has 0 amide bonds. The summed E-state index contributed by atoms with van der Waals surface area (Å²) in [6, 6.07) is -1.90. The Morgan fingerprint density at radius 3 is 1.72 bits per heavy atom. The molecule has 0 unspecified atom stereocenters. The molecule has 108 valence electrons. The van der Waals surface area contributed by atoms with Crippen molar-refractivity contribution in [2.45, 2.75) is 18.5 Å². The normalized spacial score (nSPS) is 14.0. The van der Waals surface area contributed by atoms with Gasteiger partial charge >= 0.3 is 11.9 Å². The minimum absolute atomic E-state index is 0.0336. The lowest BCUT2D eigenvalue weighted by atomic mass is 10.2. The summed E-state index contributed by atoms with van der Waals surface area (Å²) in [4.78, 5) is 19.9. The number of rotatable bonds is 6. The average Bonchev–Trinajstić information content (AvgIpc) is 2.24. The highest BCUT2D eigenvalue weighted by Crippen LogP contribution is 1.93. The minimum atomic E-state index is -3.10. The number of carbonyl (C=O) groups is 2. The Balaban J connectivity index is 0. The monoisotopic (exact) mass is 302 g/mol. The largest absolute Gasteiger partial charge is 0.480 e. The highest BCUT2D eigenvalue weighted by molar-refractivity contribution is 7.90. The highest BCUT2D eigenvalue weighted by atomic mass is 32.2. The zero-order valence-electron chi connectivity index (χ0n) is 9.81. The highest BCUT2D eigenvalue weighted by Gasteiger charge is 2.13. The van der Waals surface area contributed by atoms with E-state index in [-0.39, 0.29) is 17.9 Å². The second-order valence-electron chi connectivity index (χ2n) is 3.49. The van der Waals surface area contributed by atoms with E-state index >= 15 is 0 Å². The first-order chi connectivity index (χ1) is 8.01. The second kappa shape index (κ2) is 9.14. The van der Waals surface area contributed by atoms with Crippen LogP contribution in [0.15, 0.2) is 0 Å². The summed E-state index contributed by atoms with van der Waals surface area (Å²) >= 11 is 3.65. The minimum Gasteiger partial charge on any atom is -0.480 e. The molecule has 0 spiro atoms. The molecule has 0 aliphatic rings. The summed E-state index contributed by atoms with van der Waals surface area (Å²) in [5, 5.41) is 16.3. The van der Waals surface area contributed by atoms with Gasteiger partial charge < -0.3 is 21.7 Å². The van der Waals surface area contributed by atoms with Gasteiger partial charge in [0.1, 0.15) is 21.9 Å². The predicted molar refractivity (Wildman–Crippen MR) is 69.4 cm³/mol. The molecule has 0 aromatic rings. The van der Waals surface area contributed by atoms with Crippen LogP contribution in [0.5, 0.6) is 0 Å². The van der Waals surface area contributed by atoms with Gasteiger partial charge in [0.15, 0.2) is 0 Å². The van der Waals surface area contributed by atoms with E-state index in [2.05, 4.69) is 12.6 Å². The van der Waals surface area contributed by atoms with Gasteiger partial charge in [-0.25, -0.2) is 8.42 Å². The fourth-order valence-electron chi connectivity index (χ4n) is 0.543. The van der Waals surface area contributed by atoms with Crippen LogP contribution in [0.3, 0.4) is 0 Å². The molecular formula is C8H18N2O6S2. The van der Waals surface area contributed by atoms with Crippen LogP contribution >= 0.6 is 12.6 Å². The maximum atomic E-state index is 10.5. The molecule has 6 N–H and O–H groups in total. The Morgan fingerprint density at radius 1 is 1.17 bits per heavy atom. The van der Waals surface area contributed by atoms with Gasteiger partial charge in [-0.15, -0.1) is 0 Å². The maximum Gasteiger partial charge on any atom is 0.321 e. The molecule has 8 nitrogen and oxygen atoms in total. The van der Waals surface area contributed by atoms with Crippen molar-refractivity contribution in [3.05, 3.63) is 0 Å². The summed E-state index contributed by atoms with van der Waals surface area (Å²) in [5.41, 5.74) is 10.00. The second-order valence-corrected chi connectivity index (χ2v) is 6.12. The van der Waals surface area contributed by atoms with E-state index in [1.54, 1.807) is 0 Å². The molecule has 0 aromatic carbocycles. The molecule has 0 bridgehead atoms. The van der Waals surface area contributed by atoms with Crippen LogP contribution in [0.1, 0.15) is 6.42 Å². The quantitative estimate of drug-likeness (QED) is 0.358. The van der Waals surface area contributed by atoms with E-state index in [9.17, 15) is 18.0 Å². The third-order valence-electron chi connectivity index (χ3n) is 1.63. The van der Waals surface area contributed by atoms with Crippen molar-refractivity contribution in [2.75, 3.05) is 17.8 Å². The molecule has 0 aliphatic heterocycles. The first-order valence-corrected chi connectivity index (χ1v) is 7.46. The molecule has 2 atom stereocenters. The molecule has 0 aromatic heterocycles. The Bertz CT molecular complexity index is 370. The lowest BCUT2D eigenvalue weighted by Crippen LogP contribution is -2.32. The fourth-order valence-corrected chi connectivity index (χ4v) is 1.38. The van der Waals surface area contributed by atoms with Gasteiger partial charge in [-0.05, 0) is 6.42 Å². The first kappa shape index (κ1) is 19.5. The molecule has 0 saturated heterocycles. The van der Waals surface area contributed by atoms with Gasteiger partial charge in [-0.1, -0.05) is 0 Å². The topological polar surface area (TPSA) is 161 Å². The van der Waals surface area contributed by atoms with Crippen molar-refractivity contribution >= 4 is 34.4 Å². The molecule has 0 radical (unpaired) electrons. The number of carboxylic acid groups (broad SMARTS) is 2. The van der Waals surface area contributed by atoms with Crippen LogP contribution in [0.2, 0.25) is 0 Å². The summed E-state index contributed by atoms with van der Waals surface area (Å²) in [7, 11) is -3.10. The molecular weight excluding hydrogens is 284 g/mol. The van der Waals surface area contributed by atoms with Crippen molar-refractivity contribution in [1.82, 2.24) is 0 Å². The van der Waals surface area contributed by atoms with E-state index in [1.807, 2.05) is 0 Å². The third kappa shape index (κ3) is 13.2. The zero-order chi connectivity index (χ0) is 14.9. The number of hydrogen-bond acceptors (Lipinski definition) is 7. The van der Waals surface area contributed by atoms with Gasteiger partial charge in [0.05, 0.1) is 5.75 Å². The van der Waals surface area contributed by atoms with Gasteiger partial charge in [-0.3, -0.25) is 9.59 Å². The molecule has 0 fully saturated rings. The average molecular weight is 302 g/mol. The SMILES string of the molecule is CS(=O)(=O)CC[C@H](N)C(=O)O.N[C@@H](CS)C(=O)O. The van der Waals surface area contributed by atoms with Crippen molar-refractivity contribution in [1.29, 1.82) is 0 Å². The Kier molecular flexibility index (Phi) is 9.90. The van der Waals surface area contributed by atoms with E-state index in [0.717, 1.165) is 6.26 Å². The standard InChI is InChI=1S/C5H11NO4S.C3H7NO2S/c1-11(9,10)3-2-4(6)5(7)8;4-2(1-7)3(5)6/h4H,2-3,6H2,1H3,(H,7,8);2,7H,1,4H2,(H,5,6)/t4-;2-/m00/s1.